The van der Waals surface area contributed by atoms with Crippen molar-refractivity contribution in [1.29, 1.82) is 0 Å². The minimum absolute atomic E-state index is 0.661. The van der Waals surface area contributed by atoms with Crippen LogP contribution >= 0.6 is 8.58 Å². The van der Waals surface area contributed by atoms with Gasteiger partial charge in [0.25, 0.3) is 0 Å². The highest BCUT2D eigenvalue weighted by Crippen LogP contribution is 2.32. The summed E-state index contributed by atoms with van der Waals surface area (Å²) >= 11 is 0. The molecule has 0 amide bonds. The van der Waals surface area contributed by atoms with E-state index in [4.69, 9.17) is 0 Å². The second-order valence-corrected chi connectivity index (χ2v) is 6.44. The predicted molar refractivity (Wildman–Crippen MR) is 81.7 cm³/mol. The summed E-state index contributed by atoms with van der Waals surface area (Å²) < 4.78 is 0. The molecule has 0 N–H and O–H groups in total. The van der Waals surface area contributed by atoms with Crippen LogP contribution in [0.2, 0.25) is 0 Å². The zero-order valence-corrected chi connectivity index (χ0v) is 12.6. The molecule has 1 heteroatoms. The summed E-state index contributed by atoms with van der Waals surface area (Å²) in [5, 5.41) is 2.87. The van der Waals surface area contributed by atoms with Gasteiger partial charge in [0.15, 0.2) is 0 Å². The summed E-state index contributed by atoms with van der Waals surface area (Å²) in [5.74, 6) is 0.661. The van der Waals surface area contributed by atoms with Gasteiger partial charge in [-0.25, -0.2) is 0 Å². The second-order valence-electron chi connectivity index (χ2n) is 5.01. The van der Waals surface area contributed by atoms with E-state index in [1.54, 1.807) is 0 Å². The van der Waals surface area contributed by atoms with E-state index in [1.165, 1.54) is 41.0 Å². The zero-order chi connectivity index (χ0) is 12.8. The van der Waals surface area contributed by atoms with Crippen LogP contribution < -0.4 is 5.30 Å². The van der Waals surface area contributed by atoms with E-state index in [1.807, 2.05) is 0 Å². The zero-order valence-electron chi connectivity index (χ0n) is 11.6. The molecule has 0 saturated heterocycles. The molecule has 0 nitrogen and oxygen atoms in total. The Balaban J connectivity index is 2.61. The van der Waals surface area contributed by atoms with Crippen molar-refractivity contribution in [3.05, 3.63) is 41.2 Å². The number of hydrogen-bond donors (Lipinski definition) is 0. The number of rotatable bonds is 6. The lowest BCUT2D eigenvalue weighted by Gasteiger charge is -2.16. The number of allylic oxidation sites excluding steroid dienone is 1. The third kappa shape index (κ3) is 4.64. The first-order valence-corrected chi connectivity index (χ1v) is 7.57. The first kappa shape index (κ1) is 14.5. The summed E-state index contributed by atoms with van der Waals surface area (Å²) in [6.45, 7) is 13.2. The molecule has 1 aromatic rings. The molecular weight excluding hydrogens is 223 g/mol. The second kappa shape index (κ2) is 6.97. The van der Waals surface area contributed by atoms with Crippen LogP contribution in [-0.4, -0.2) is 0 Å². The van der Waals surface area contributed by atoms with Gasteiger partial charge in [0, 0.05) is 0 Å². The van der Waals surface area contributed by atoms with Gasteiger partial charge < -0.3 is 0 Å². The topological polar surface area (TPSA) is 0 Å². The van der Waals surface area contributed by atoms with Gasteiger partial charge in [0.05, 0.1) is 0 Å². The van der Waals surface area contributed by atoms with E-state index in [2.05, 4.69) is 52.5 Å². The molecule has 0 spiro atoms. The summed E-state index contributed by atoms with van der Waals surface area (Å²) in [6.07, 6.45) is 3.88. The summed E-state index contributed by atoms with van der Waals surface area (Å²) in [7, 11) is 0.771. The number of benzene rings is 1. The average Bonchev–Trinajstić information content (AvgIpc) is 2.29. The van der Waals surface area contributed by atoms with Gasteiger partial charge in [0.1, 0.15) is 0 Å². The standard InChI is InChI=1S/C16H25P/c1-6-7-8-13(3)15(5)17-16-10-9-12(2)11-14(16)4/h9-11,13,17H,5-8H2,1-4H3/t13-/m0/s1. The van der Waals surface area contributed by atoms with Gasteiger partial charge >= 0.3 is 0 Å². The maximum absolute atomic E-state index is 4.28. The Bertz CT molecular complexity index is 379. The molecule has 17 heavy (non-hydrogen) atoms. The van der Waals surface area contributed by atoms with Gasteiger partial charge in [-0.1, -0.05) is 65.6 Å². The molecule has 0 saturated carbocycles. The lowest BCUT2D eigenvalue weighted by atomic mass is 10.0. The van der Waals surface area contributed by atoms with Gasteiger partial charge in [0.2, 0.25) is 0 Å². The Morgan fingerprint density at radius 1 is 1.35 bits per heavy atom. The molecule has 2 atom stereocenters. The normalized spacial score (nSPS) is 13.2. The van der Waals surface area contributed by atoms with Crippen molar-refractivity contribution in [3.8, 4) is 0 Å². The third-order valence-electron chi connectivity index (χ3n) is 3.26. The van der Waals surface area contributed by atoms with E-state index >= 15 is 0 Å². The first-order valence-electron chi connectivity index (χ1n) is 6.57. The summed E-state index contributed by atoms with van der Waals surface area (Å²) in [6, 6.07) is 6.74. The van der Waals surface area contributed by atoms with Crippen molar-refractivity contribution in [1.82, 2.24) is 0 Å². The van der Waals surface area contributed by atoms with Crippen molar-refractivity contribution in [2.24, 2.45) is 5.92 Å². The fraction of sp³-hybridized carbons (Fsp3) is 0.500. The minimum atomic E-state index is 0.661. The highest BCUT2D eigenvalue weighted by atomic mass is 31.1. The Morgan fingerprint density at radius 2 is 2.06 bits per heavy atom. The van der Waals surface area contributed by atoms with Gasteiger partial charge in [-0.05, 0) is 42.4 Å². The van der Waals surface area contributed by atoms with Crippen molar-refractivity contribution >= 4 is 13.9 Å². The molecule has 0 aliphatic heterocycles. The molecule has 0 aliphatic carbocycles. The van der Waals surface area contributed by atoms with Crippen LogP contribution in [0, 0.1) is 19.8 Å². The lowest BCUT2D eigenvalue weighted by molar-refractivity contribution is 0.592. The van der Waals surface area contributed by atoms with Gasteiger partial charge in [-0.2, -0.15) is 0 Å². The third-order valence-corrected chi connectivity index (χ3v) is 4.91. The van der Waals surface area contributed by atoms with Gasteiger partial charge in [-0.15, -0.1) is 0 Å². The molecule has 0 bridgehead atoms. The summed E-state index contributed by atoms with van der Waals surface area (Å²) in [4.78, 5) is 0. The minimum Gasteiger partial charge on any atom is -0.0950 e. The lowest BCUT2D eigenvalue weighted by Crippen LogP contribution is -2.03. The van der Waals surface area contributed by atoms with Crippen LogP contribution in [0.4, 0.5) is 0 Å². The number of hydrogen-bond acceptors (Lipinski definition) is 0. The van der Waals surface area contributed by atoms with Crippen molar-refractivity contribution in [3.63, 3.8) is 0 Å². The highest BCUT2D eigenvalue weighted by molar-refractivity contribution is 7.51. The highest BCUT2D eigenvalue weighted by Gasteiger charge is 2.08. The van der Waals surface area contributed by atoms with Crippen molar-refractivity contribution in [2.75, 3.05) is 0 Å². The van der Waals surface area contributed by atoms with E-state index in [9.17, 15) is 0 Å². The van der Waals surface area contributed by atoms with E-state index in [0.29, 0.717) is 5.92 Å². The smallest absolute Gasteiger partial charge is 0.0191 e. The van der Waals surface area contributed by atoms with Crippen molar-refractivity contribution in [2.45, 2.75) is 47.0 Å². The van der Waals surface area contributed by atoms with E-state index < -0.39 is 0 Å². The van der Waals surface area contributed by atoms with Crippen molar-refractivity contribution < 1.29 is 0 Å². The van der Waals surface area contributed by atoms with Crippen LogP contribution in [0.3, 0.4) is 0 Å². The van der Waals surface area contributed by atoms with Crippen LogP contribution in [0.25, 0.3) is 0 Å². The summed E-state index contributed by atoms with van der Waals surface area (Å²) in [5.41, 5.74) is 2.76. The van der Waals surface area contributed by atoms with Crippen LogP contribution in [-0.2, 0) is 0 Å². The SMILES string of the molecule is C=C(Pc1ccc(C)cc1C)[C@@H](C)CCCC. The molecule has 0 radical (unpaired) electrons. The molecule has 1 aromatic carbocycles. The molecule has 0 aromatic heterocycles. The van der Waals surface area contributed by atoms with Gasteiger partial charge in [-0.3, -0.25) is 0 Å². The monoisotopic (exact) mass is 248 g/mol. The molecule has 0 heterocycles. The van der Waals surface area contributed by atoms with Crippen LogP contribution in [0.15, 0.2) is 30.1 Å². The Labute approximate surface area is 108 Å². The molecule has 0 fully saturated rings. The Kier molecular flexibility index (Phi) is 5.92. The molecular formula is C16H25P. The van der Waals surface area contributed by atoms with E-state index in [-0.39, 0.29) is 0 Å². The first-order chi connectivity index (χ1) is 8.04. The molecule has 1 unspecified atom stereocenters. The number of aryl methyl sites for hydroxylation is 2. The fourth-order valence-corrected chi connectivity index (χ4v) is 3.11. The molecule has 0 aliphatic rings. The number of unbranched alkanes of at least 4 members (excludes halogenated alkanes) is 1. The molecule has 1 rings (SSSR count). The molecule has 94 valence electrons. The quantitative estimate of drug-likeness (QED) is 0.625. The van der Waals surface area contributed by atoms with Crippen LogP contribution in [0.5, 0.6) is 0 Å². The average molecular weight is 248 g/mol. The largest absolute Gasteiger partial charge is 0.0950 e. The maximum atomic E-state index is 4.28. The Hall–Kier alpha value is -0.610. The van der Waals surface area contributed by atoms with Crippen LogP contribution in [0.1, 0.15) is 44.2 Å². The van der Waals surface area contributed by atoms with E-state index in [0.717, 1.165) is 8.58 Å². The maximum Gasteiger partial charge on any atom is -0.0191 e. The fourth-order valence-electron chi connectivity index (χ4n) is 1.93. The predicted octanol–water partition coefficient (Wildman–Crippen LogP) is 4.95. The Morgan fingerprint density at radius 3 is 2.65 bits per heavy atom.